The first kappa shape index (κ1) is 12.2. The van der Waals surface area contributed by atoms with Crippen molar-refractivity contribution in [3.8, 4) is 22.9 Å². The molecule has 0 aliphatic heterocycles. The monoisotopic (exact) mass is 281 g/mol. The third kappa shape index (κ3) is 1.93. The van der Waals surface area contributed by atoms with Crippen LogP contribution < -0.4 is 4.74 Å². The highest BCUT2D eigenvalue weighted by atomic mass is 16.5. The first-order valence-electron chi connectivity index (χ1n) is 6.97. The van der Waals surface area contributed by atoms with E-state index in [0.29, 0.717) is 11.8 Å². The number of rotatable bonds is 3. The molecule has 4 rings (SSSR count). The van der Waals surface area contributed by atoms with Crippen molar-refractivity contribution >= 4 is 11.0 Å². The number of phenolic OH excluding ortho intramolecular Hbond substituents is 1. The molecule has 5 heteroatoms. The molecule has 106 valence electrons. The van der Waals surface area contributed by atoms with Gasteiger partial charge in [-0.2, -0.15) is 0 Å². The lowest BCUT2D eigenvalue weighted by molar-refractivity contribution is 0.408. The fourth-order valence-corrected chi connectivity index (χ4v) is 2.67. The summed E-state index contributed by atoms with van der Waals surface area (Å²) in [7, 11) is 1.58. The van der Waals surface area contributed by atoms with Crippen LogP contribution in [0.15, 0.2) is 36.7 Å². The van der Waals surface area contributed by atoms with E-state index in [2.05, 4.69) is 14.5 Å². The number of phenols is 1. The minimum Gasteiger partial charge on any atom is -0.507 e. The van der Waals surface area contributed by atoms with Gasteiger partial charge in [0.05, 0.1) is 24.4 Å². The van der Waals surface area contributed by atoms with Gasteiger partial charge in [-0.15, -0.1) is 0 Å². The Morgan fingerprint density at radius 2 is 2.14 bits per heavy atom. The van der Waals surface area contributed by atoms with E-state index < -0.39 is 0 Å². The molecule has 2 heterocycles. The molecule has 1 aromatic carbocycles. The molecule has 0 spiro atoms. The SMILES string of the molecule is COc1ccc(-c2nc3cnccc3n2C2CC2)c(O)c1. The number of pyridine rings is 1. The zero-order valence-electron chi connectivity index (χ0n) is 11.7. The second-order valence-electron chi connectivity index (χ2n) is 5.28. The lowest BCUT2D eigenvalue weighted by Crippen LogP contribution is -1.97. The lowest BCUT2D eigenvalue weighted by atomic mass is 10.1. The Morgan fingerprint density at radius 1 is 1.29 bits per heavy atom. The van der Waals surface area contributed by atoms with Crippen molar-refractivity contribution in [2.75, 3.05) is 7.11 Å². The summed E-state index contributed by atoms with van der Waals surface area (Å²) in [6, 6.07) is 7.74. The molecule has 1 aliphatic carbocycles. The van der Waals surface area contributed by atoms with Crippen molar-refractivity contribution in [2.45, 2.75) is 18.9 Å². The van der Waals surface area contributed by atoms with Crippen molar-refractivity contribution in [3.05, 3.63) is 36.7 Å². The van der Waals surface area contributed by atoms with Gasteiger partial charge in [0.2, 0.25) is 0 Å². The number of benzene rings is 1. The van der Waals surface area contributed by atoms with Gasteiger partial charge in [-0.05, 0) is 31.0 Å². The number of imidazole rings is 1. The standard InChI is InChI=1S/C16H15N3O2/c1-21-11-4-5-12(15(20)8-11)16-18-13-9-17-7-6-14(13)19(16)10-2-3-10/h4-10,20H,2-3H2,1H3. The first-order chi connectivity index (χ1) is 10.3. The number of nitrogens with zero attached hydrogens (tertiary/aromatic N) is 3. The Balaban J connectivity index is 1.95. The Labute approximate surface area is 121 Å². The van der Waals surface area contributed by atoms with Crippen LogP contribution in [0.1, 0.15) is 18.9 Å². The molecule has 1 aliphatic rings. The van der Waals surface area contributed by atoms with Gasteiger partial charge in [0.25, 0.3) is 0 Å². The third-order valence-corrected chi connectivity index (χ3v) is 3.85. The van der Waals surface area contributed by atoms with Gasteiger partial charge >= 0.3 is 0 Å². The maximum Gasteiger partial charge on any atom is 0.145 e. The van der Waals surface area contributed by atoms with Crippen LogP contribution in [-0.4, -0.2) is 26.8 Å². The highest BCUT2D eigenvalue weighted by molar-refractivity contribution is 5.81. The molecule has 1 fully saturated rings. The normalized spacial score (nSPS) is 14.5. The summed E-state index contributed by atoms with van der Waals surface area (Å²) in [6.45, 7) is 0. The van der Waals surface area contributed by atoms with Gasteiger partial charge in [-0.25, -0.2) is 4.98 Å². The summed E-state index contributed by atoms with van der Waals surface area (Å²) >= 11 is 0. The van der Waals surface area contributed by atoms with Crippen molar-refractivity contribution in [1.29, 1.82) is 0 Å². The molecule has 1 N–H and O–H groups in total. The summed E-state index contributed by atoms with van der Waals surface area (Å²) < 4.78 is 7.34. The number of hydrogen-bond donors (Lipinski definition) is 1. The van der Waals surface area contributed by atoms with Gasteiger partial charge in [-0.3, -0.25) is 4.98 Å². The third-order valence-electron chi connectivity index (χ3n) is 3.85. The van der Waals surface area contributed by atoms with Crippen molar-refractivity contribution in [2.24, 2.45) is 0 Å². The predicted octanol–water partition coefficient (Wildman–Crippen LogP) is 3.15. The molecular formula is C16H15N3O2. The molecular weight excluding hydrogens is 266 g/mol. The summed E-state index contributed by atoms with van der Waals surface area (Å²) in [5, 5.41) is 10.3. The van der Waals surface area contributed by atoms with Crippen LogP contribution in [0.25, 0.3) is 22.4 Å². The maximum absolute atomic E-state index is 10.3. The van der Waals surface area contributed by atoms with E-state index in [0.717, 1.165) is 35.3 Å². The van der Waals surface area contributed by atoms with Crippen LogP contribution in [0.5, 0.6) is 11.5 Å². The minimum absolute atomic E-state index is 0.180. The number of aromatic hydroxyl groups is 1. The Morgan fingerprint density at radius 3 is 2.86 bits per heavy atom. The average Bonchev–Trinajstić information content (AvgIpc) is 3.27. The maximum atomic E-state index is 10.3. The van der Waals surface area contributed by atoms with E-state index in [9.17, 15) is 5.11 Å². The molecule has 2 aromatic heterocycles. The molecule has 5 nitrogen and oxygen atoms in total. The molecule has 0 amide bonds. The summed E-state index contributed by atoms with van der Waals surface area (Å²) in [4.78, 5) is 8.79. The van der Waals surface area contributed by atoms with Crippen molar-refractivity contribution < 1.29 is 9.84 Å². The number of hydrogen-bond acceptors (Lipinski definition) is 4. The number of ether oxygens (including phenoxy) is 1. The summed E-state index contributed by atoms with van der Waals surface area (Å²) in [5.41, 5.74) is 2.64. The van der Waals surface area contributed by atoms with Gasteiger partial charge in [-0.1, -0.05) is 0 Å². The Bertz CT molecular complexity index is 822. The van der Waals surface area contributed by atoms with Crippen LogP contribution >= 0.6 is 0 Å². The molecule has 1 saturated carbocycles. The molecule has 0 radical (unpaired) electrons. The van der Waals surface area contributed by atoms with Crippen LogP contribution in [0.2, 0.25) is 0 Å². The van der Waals surface area contributed by atoms with Crippen LogP contribution in [-0.2, 0) is 0 Å². The quantitative estimate of drug-likeness (QED) is 0.801. The lowest BCUT2D eigenvalue weighted by Gasteiger charge is -2.10. The van der Waals surface area contributed by atoms with Gasteiger partial charge < -0.3 is 14.4 Å². The number of aromatic nitrogens is 3. The molecule has 0 atom stereocenters. The largest absolute Gasteiger partial charge is 0.507 e. The number of methoxy groups -OCH3 is 1. The van der Waals surface area contributed by atoms with Gasteiger partial charge in [0, 0.05) is 18.3 Å². The number of fused-ring (bicyclic) bond motifs is 1. The van der Waals surface area contributed by atoms with Gasteiger partial charge in [0.1, 0.15) is 22.8 Å². The minimum atomic E-state index is 0.180. The molecule has 21 heavy (non-hydrogen) atoms. The smallest absolute Gasteiger partial charge is 0.145 e. The van der Waals surface area contributed by atoms with E-state index in [4.69, 9.17) is 4.74 Å². The molecule has 0 saturated heterocycles. The fourth-order valence-electron chi connectivity index (χ4n) is 2.67. The van der Waals surface area contributed by atoms with E-state index in [1.165, 1.54) is 0 Å². The van der Waals surface area contributed by atoms with Crippen LogP contribution in [0.3, 0.4) is 0 Å². The first-order valence-corrected chi connectivity index (χ1v) is 6.97. The molecule has 0 bridgehead atoms. The van der Waals surface area contributed by atoms with Crippen molar-refractivity contribution in [3.63, 3.8) is 0 Å². The van der Waals surface area contributed by atoms with Crippen molar-refractivity contribution in [1.82, 2.24) is 14.5 Å². The second-order valence-corrected chi connectivity index (χ2v) is 5.28. The fraction of sp³-hybridized carbons (Fsp3) is 0.250. The van der Waals surface area contributed by atoms with E-state index in [1.54, 1.807) is 25.6 Å². The molecule has 3 aromatic rings. The highest BCUT2D eigenvalue weighted by Crippen LogP contribution is 2.43. The summed E-state index contributed by atoms with van der Waals surface area (Å²) in [6.07, 6.45) is 5.84. The zero-order valence-corrected chi connectivity index (χ0v) is 11.7. The average molecular weight is 281 g/mol. The van der Waals surface area contributed by atoms with E-state index in [-0.39, 0.29) is 5.75 Å². The second kappa shape index (κ2) is 4.48. The Kier molecular flexibility index (Phi) is 2.60. The van der Waals surface area contributed by atoms with E-state index in [1.807, 2.05) is 18.2 Å². The zero-order chi connectivity index (χ0) is 14.4. The van der Waals surface area contributed by atoms with Crippen LogP contribution in [0, 0.1) is 0 Å². The van der Waals surface area contributed by atoms with Crippen LogP contribution in [0.4, 0.5) is 0 Å². The molecule has 0 unspecified atom stereocenters. The topological polar surface area (TPSA) is 60.2 Å². The van der Waals surface area contributed by atoms with E-state index >= 15 is 0 Å². The Hall–Kier alpha value is -2.56. The predicted molar refractivity (Wildman–Crippen MR) is 79.5 cm³/mol. The summed E-state index contributed by atoms with van der Waals surface area (Å²) in [5.74, 6) is 1.60. The van der Waals surface area contributed by atoms with Gasteiger partial charge in [0.15, 0.2) is 0 Å². The highest BCUT2D eigenvalue weighted by Gasteiger charge is 2.29.